The first kappa shape index (κ1) is 25.5. The van der Waals surface area contributed by atoms with Crippen molar-refractivity contribution in [1.29, 1.82) is 0 Å². The van der Waals surface area contributed by atoms with Gasteiger partial charge in [0.05, 0.1) is 11.8 Å². The molecule has 0 saturated carbocycles. The van der Waals surface area contributed by atoms with Crippen LogP contribution in [0.15, 0.2) is 53.7 Å². The molecule has 1 aromatic heterocycles. The summed E-state index contributed by atoms with van der Waals surface area (Å²) in [4.78, 5) is 25.5. The number of nitrogens with zero attached hydrogens (tertiary/aromatic N) is 3. The second kappa shape index (κ2) is 11.8. The standard InChI is InChI=1S/C26H33N5O2S/c1-6-19-15-11-12-18(5)23(19)27-21(32)16-34-26-30-29-24(31(26)7-2)22(17(3)4)28-25(33)20-13-9-8-10-14-20/h8-15,17,22H,6-7,16H2,1-5H3,(H,27,32)(H,28,33)/t22-/m0/s1. The Kier molecular flexibility index (Phi) is 8.87. The number of thioether (sulfide) groups is 1. The van der Waals surface area contributed by atoms with Gasteiger partial charge in [0.25, 0.3) is 5.91 Å². The van der Waals surface area contributed by atoms with E-state index < -0.39 is 0 Å². The molecule has 0 aliphatic rings. The zero-order valence-corrected chi connectivity index (χ0v) is 21.3. The lowest BCUT2D eigenvalue weighted by Crippen LogP contribution is -2.33. The summed E-state index contributed by atoms with van der Waals surface area (Å²) in [6, 6.07) is 14.9. The summed E-state index contributed by atoms with van der Waals surface area (Å²) >= 11 is 1.35. The lowest BCUT2D eigenvalue weighted by atomic mass is 10.0. The molecule has 0 radical (unpaired) electrons. The molecule has 3 aromatic rings. The Morgan fingerprint density at radius 2 is 1.76 bits per heavy atom. The number of carbonyl (C=O) groups is 2. The van der Waals surface area contributed by atoms with Crippen molar-refractivity contribution in [2.24, 2.45) is 5.92 Å². The summed E-state index contributed by atoms with van der Waals surface area (Å²) in [6.45, 7) is 10.8. The van der Waals surface area contributed by atoms with Gasteiger partial charge in [0, 0.05) is 17.8 Å². The van der Waals surface area contributed by atoms with E-state index in [0.717, 1.165) is 23.2 Å². The Morgan fingerprint density at radius 1 is 1.03 bits per heavy atom. The van der Waals surface area contributed by atoms with Gasteiger partial charge in [-0.3, -0.25) is 9.59 Å². The highest BCUT2D eigenvalue weighted by Gasteiger charge is 2.26. The minimum Gasteiger partial charge on any atom is -0.342 e. The van der Waals surface area contributed by atoms with Crippen LogP contribution in [0.3, 0.4) is 0 Å². The number of anilines is 1. The zero-order chi connectivity index (χ0) is 24.7. The van der Waals surface area contributed by atoms with Crippen LogP contribution in [0.5, 0.6) is 0 Å². The Hall–Kier alpha value is -3.13. The highest BCUT2D eigenvalue weighted by molar-refractivity contribution is 7.99. The largest absolute Gasteiger partial charge is 0.342 e. The van der Waals surface area contributed by atoms with Gasteiger partial charge in [0.1, 0.15) is 0 Å². The molecule has 0 unspecified atom stereocenters. The van der Waals surface area contributed by atoms with Gasteiger partial charge in [-0.2, -0.15) is 0 Å². The van der Waals surface area contributed by atoms with E-state index in [9.17, 15) is 9.59 Å². The maximum absolute atomic E-state index is 12.8. The summed E-state index contributed by atoms with van der Waals surface area (Å²) < 4.78 is 1.97. The van der Waals surface area contributed by atoms with Crippen LogP contribution in [0.4, 0.5) is 5.69 Å². The van der Waals surface area contributed by atoms with Crippen LogP contribution in [-0.4, -0.2) is 32.3 Å². The Morgan fingerprint density at radius 3 is 2.41 bits per heavy atom. The molecule has 2 N–H and O–H groups in total. The molecule has 2 amide bonds. The molecule has 0 saturated heterocycles. The van der Waals surface area contributed by atoms with Crippen molar-refractivity contribution in [2.45, 2.75) is 58.8 Å². The smallest absolute Gasteiger partial charge is 0.251 e. The van der Waals surface area contributed by atoms with E-state index >= 15 is 0 Å². The minimum atomic E-state index is -0.303. The number of carbonyl (C=O) groups excluding carboxylic acids is 2. The number of hydrogen-bond acceptors (Lipinski definition) is 5. The van der Waals surface area contributed by atoms with Gasteiger partial charge in [-0.15, -0.1) is 10.2 Å². The number of aryl methyl sites for hydroxylation is 2. The Bertz CT molecular complexity index is 1130. The topological polar surface area (TPSA) is 88.9 Å². The van der Waals surface area contributed by atoms with Crippen molar-refractivity contribution in [3.63, 3.8) is 0 Å². The normalized spacial score (nSPS) is 11.9. The molecular formula is C26H33N5O2S. The van der Waals surface area contributed by atoms with Crippen LogP contribution in [0.25, 0.3) is 0 Å². The summed E-state index contributed by atoms with van der Waals surface area (Å²) in [6.07, 6.45) is 0.850. The zero-order valence-electron chi connectivity index (χ0n) is 20.5. The molecule has 180 valence electrons. The molecule has 0 aliphatic carbocycles. The van der Waals surface area contributed by atoms with Gasteiger partial charge in [-0.25, -0.2) is 0 Å². The fraction of sp³-hybridized carbons (Fsp3) is 0.385. The third-order valence-electron chi connectivity index (χ3n) is 5.67. The van der Waals surface area contributed by atoms with Crippen LogP contribution in [-0.2, 0) is 17.8 Å². The fourth-order valence-corrected chi connectivity index (χ4v) is 4.59. The first-order chi connectivity index (χ1) is 16.3. The van der Waals surface area contributed by atoms with Crippen LogP contribution in [0.1, 0.15) is 61.0 Å². The van der Waals surface area contributed by atoms with Crippen LogP contribution < -0.4 is 10.6 Å². The van der Waals surface area contributed by atoms with Crippen LogP contribution >= 0.6 is 11.8 Å². The summed E-state index contributed by atoms with van der Waals surface area (Å²) in [5.74, 6) is 0.786. The van der Waals surface area contributed by atoms with Gasteiger partial charge in [0.15, 0.2) is 11.0 Å². The third kappa shape index (κ3) is 6.05. The van der Waals surface area contributed by atoms with E-state index in [0.29, 0.717) is 23.1 Å². The lowest BCUT2D eigenvalue weighted by Gasteiger charge is -2.22. The van der Waals surface area contributed by atoms with Gasteiger partial charge < -0.3 is 15.2 Å². The molecule has 8 heteroatoms. The molecule has 1 heterocycles. The molecular weight excluding hydrogens is 446 g/mol. The van der Waals surface area contributed by atoms with E-state index in [1.807, 2.05) is 68.7 Å². The molecule has 7 nitrogen and oxygen atoms in total. The van der Waals surface area contributed by atoms with E-state index in [1.54, 1.807) is 12.1 Å². The predicted molar refractivity (Wildman–Crippen MR) is 137 cm³/mol. The molecule has 0 bridgehead atoms. The second-order valence-corrected chi connectivity index (χ2v) is 9.39. The number of aromatic nitrogens is 3. The van der Waals surface area contributed by atoms with Crippen molar-refractivity contribution >= 4 is 29.3 Å². The number of amides is 2. The third-order valence-corrected chi connectivity index (χ3v) is 6.63. The monoisotopic (exact) mass is 479 g/mol. The van der Waals surface area contributed by atoms with Gasteiger partial charge in [-0.05, 0) is 49.4 Å². The van der Waals surface area contributed by atoms with Crippen molar-refractivity contribution in [3.05, 3.63) is 71.0 Å². The predicted octanol–water partition coefficient (Wildman–Crippen LogP) is 5.03. The molecule has 0 fully saturated rings. The van der Waals surface area contributed by atoms with Gasteiger partial charge in [0.2, 0.25) is 5.91 Å². The lowest BCUT2D eigenvalue weighted by molar-refractivity contribution is -0.113. The number of para-hydroxylation sites is 1. The highest BCUT2D eigenvalue weighted by Crippen LogP contribution is 2.26. The molecule has 0 spiro atoms. The average Bonchev–Trinajstić information content (AvgIpc) is 3.25. The Balaban J connectivity index is 1.72. The molecule has 2 aromatic carbocycles. The van der Waals surface area contributed by atoms with Crippen molar-refractivity contribution < 1.29 is 9.59 Å². The minimum absolute atomic E-state index is 0.0843. The summed E-state index contributed by atoms with van der Waals surface area (Å²) in [5, 5.41) is 15.6. The molecule has 1 atom stereocenters. The molecule has 3 rings (SSSR count). The maximum atomic E-state index is 12.8. The second-order valence-electron chi connectivity index (χ2n) is 8.45. The first-order valence-electron chi connectivity index (χ1n) is 11.7. The number of rotatable bonds is 10. The molecule has 0 aliphatic heterocycles. The quantitative estimate of drug-likeness (QED) is 0.398. The SMILES string of the molecule is CCc1cccc(C)c1NC(=O)CSc1nnc([C@@H](NC(=O)c2ccccc2)C(C)C)n1CC. The first-order valence-corrected chi connectivity index (χ1v) is 12.6. The fourth-order valence-electron chi connectivity index (χ4n) is 3.79. The van der Waals surface area contributed by atoms with Crippen LogP contribution in [0.2, 0.25) is 0 Å². The van der Waals surface area contributed by atoms with Gasteiger partial charge in [-0.1, -0.05) is 68.9 Å². The number of hydrogen-bond donors (Lipinski definition) is 2. The highest BCUT2D eigenvalue weighted by atomic mass is 32.2. The Labute approximate surface area is 205 Å². The van der Waals surface area contributed by atoms with Gasteiger partial charge >= 0.3 is 0 Å². The van der Waals surface area contributed by atoms with Crippen molar-refractivity contribution in [1.82, 2.24) is 20.1 Å². The van der Waals surface area contributed by atoms with Crippen LogP contribution in [0, 0.1) is 12.8 Å². The number of nitrogens with one attached hydrogen (secondary N) is 2. The average molecular weight is 480 g/mol. The summed E-state index contributed by atoms with van der Waals surface area (Å²) in [5.41, 5.74) is 3.65. The van der Waals surface area contributed by atoms with Crippen molar-refractivity contribution in [2.75, 3.05) is 11.1 Å². The summed E-state index contributed by atoms with van der Waals surface area (Å²) in [7, 11) is 0. The van der Waals surface area contributed by atoms with Crippen molar-refractivity contribution in [3.8, 4) is 0 Å². The molecule has 34 heavy (non-hydrogen) atoms. The van der Waals surface area contributed by atoms with E-state index in [-0.39, 0.29) is 29.5 Å². The number of benzene rings is 2. The maximum Gasteiger partial charge on any atom is 0.251 e. The van der Waals surface area contributed by atoms with E-state index in [2.05, 4.69) is 27.8 Å². The van der Waals surface area contributed by atoms with E-state index in [4.69, 9.17) is 0 Å². The van der Waals surface area contributed by atoms with E-state index in [1.165, 1.54) is 11.8 Å².